The van der Waals surface area contributed by atoms with Crippen molar-refractivity contribution in [2.24, 2.45) is 0 Å². The molecule has 0 unspecified atom stereocenters. The van der Waals surface area contributed by atoms with Gasteiger partial charge in [-0.1, -0.05) is 6.07 Å². The number of nitriles is 1. The van der Waals surface area contributed by atoms with Gasteiger partial charge in [0.15, 0.2) is 0 Å². The number of nitrogens with zero attached hydrogens (tertiary/aromatic N) is 1. The van der Waals surface area contributed by atoms with Crippen molar-refractivity contribution in [3.63, 3.8) is 0 Å². The monoisotopic (exact) mass is 503 g/mol. The molecule has 2 aromatic rings. The van der Waals surface area contributed by atoms with E-state index in [1.165, 1.54) is 6.07 Å². The Kier molecular flexibility index (Phi) is 5.69. The van der Waals surface area contributed by atoms with Crippen molar-refractivity contribution < 1.29 is 14.1 Å². The van der Waals surface area contributed by atoms with Gasteiger partial charge in [-0.05, 0) is 92.5 Å². The Morgan fingerprint density at radius 1 is 1.17 bits per heavy atom. The Morgan fingerprint density at radius 2 is 1.79 bits per heavy atom. The van der Waals surface area contributed by atoms with Gasteiger partial charge >= 0.3 is 7.12 Å². The van der Waals surface area contributed by atoms with E-state index < -0.39 is 18.3 Å². The van der Waals surface area contributed by atoms with Crippen LogP contribution in [-0.4, -0.2) is 24.2 Å². The van der Waals surface area contributed by atoms with Crippen LogP contribution < -0.4 is 16.5 Å². The second-order valence-electron chi connectivity index (χ2n) is 8.15. The van der Waals surface area contributed by atoms with Crippen LogP contribution in [0.15, 0.2) is 30.3 Å². The fourth-order valence-corrected chi connectivity index (χ4v) is 3.96. The molecule has 1 heterocycles. The first-order chi connectivity index (χ1) is 13.4. The molecule has 0 spiro atoms. The lowest BCUT2D eigenvalue weighted by Crippen LogP contribution is -2.41. The molecule has 8 heteroatoms. The first-order valence-corrected chi connectivity index (χ1v) is 10.3. The van der Waals surface area contributed by atoms with Gasteiger partial charge < -0.3 is 20.4 Å². The summed E-state index contributed by atoms with van der Waals surface area (Å²) < 4.78 is 13.1. The van der Waals surface area contributed by atoms with Crippen LogP contribution >= 0.6 is 22.6 Å². The topological polar surface area (TPSA) is 97.4 Å². The first kappa shape index (κ1) is 21.6. The molecule has 6 nitrogen and oxygen atoms in total. The standard InChI is InChI=1S/C21H23BIN3O3/c1-12-8-15(22-28-20(2,3)21(4,5)29-22)10-16(23)18(12)26-19(27)13-6-7-14(11-24)17(25)9-13/h6-10H,25H2,1-5H3,(H,26,27). The lowest BCUT2D eigenvalue weighted by molar-refractivity contribution is 0.00578. The lowest BCUT2D eigenvalue weighted by Gasteiger charge is -2.32. The summed E-state index contributed by atoms with van der Waals surface area (Å²) in [7, 11) is -0.463. The van der Waals surface area contributed by atoms with Crippen molar-refractivity contribution in [2.45, 2.75) is 45.8 Å². The number of carbonyl (C=O) groups is 1. The molecule has 0 aliphatic carbocycles. The number of carbonyl (C=O) groups excluding carboxylic acids is 1. The Morgan fingerprint density at radius 3 is 2.31 bits per heavy atom. The largest absolute Gasteiger partial charge is 0.494 e. The summed E-state index contributed by atoms with van der Waals surface area (Å²) in [5.74, 6) is -0.286. The average molecular weight is 503 g/mol. The Balaban J connectivity index is 1.84. The van der Waals surface area contributed by atoms with Crippen molar-refractivity contribution in [1.82, 2.24) is 0 Å². The van der Waals surface area contributed by atoms with E-state index in [-0.39, 0.29) is 11.6 Å². The average Bonchev–Trinajstić information content (AvgIpc) is 2.85. The minimum Gasteiger partial charge on any atom is -0.399 e. The van der Waals surface area contributed by atoms with E-state index >= 15 is 0 Å². The van der Waals surface area contributed by atoms with E-state index in [0.29, 0.717) is 11.1 Å². The molecule has 150 valence electrons. The smallest absolute Gasteiger partial charge is 0.399 e. The normalized spacial score (nSPS) is 17.1. The van der Waals surface area contributed by atoms with Crippen LogP contribution in [0.5, 0.6) is 0 Å². The zero-order valence-corrected chi connectivity index (χ0v) is 19.2. The van der Waals surface area contributed by atoms with E-state index in [2.05, 4.69) is 27.9 Å². The molecule has 0 saturated carbocycles. The SMILES string of the molecule is Cc1cc(B2OC(C)(C)C(C)(C)O2)cc(I)c1NC(=O)c1ccc(C#N)c(N)c1. The quantitative estimate of drug-likeness (QED) is 0.379. The van der Waals surface area contributed by atoms with Crippen molar-refractivity contribution in [3.8, 4) is 6.07 Å². The number of hydrogen-bond donors (Lipinski definition) is 2. The van der Waals surface area contributed by atoms with E-state index in [1.54, 1.807) is 12.1 Å². The van der Waals surface area contributed by atoms with E-state index in [1.807, 2.05) is 52.8 Å². The number of nitrogens with one attached hydrogen (secondary N) is 1. The maximum Gasteiger partial charge on any atom is 0.494 e. The molecular weight excluding hydrogens is 480 g/mol. The van der Waals surface area contributed by atoms with E-state index in [9.17, 15) is 4.79 Å². The van der Waals surface area contributed by atoms with Gasteiger partial charge in [-0.25, -0.2) is 0 Å². The number of hydrogen-bond acceptors (Lipinski definition) is 5. The Labute approximate surface area is 185 Å². The van der Waals surface area contributed by atoms with E-state index in [4.69, 9.17) is 20.3 Å². The maximum absolute atomic E-state index is 12.7. The summed E-state index contributed by atoms with van der Waals surface area (Å²) in [5, 5.41) is 11.9. The highest BCUT2D eigenvalue weighted by Gasteiger charge is 2.51. The molecule has 0 radical (unpaired) electrons. The summed E-state index contributed by atoms with van der Waals surface area (Å²) >= 11 is 2.19. The molecule has 29 heavy (non-hydrogen) atoms. The highest BCUT2D eigenvalue weighted by Crippen LogP contribution is 2.37. The van der Waals surface area contributed by atoms with Gasteiger partial charge in [-0.2, -0.15) is 5.26 Å². The van der Waals surface area contributed by atoms with Crippen LogP contribution in [0.4, 0.5) is 11.4 Å². The van der Waals surface area contributed by atoms with Crippen LogP contribution in [0.3, 0.4) is 0 Å². The molecule has 1 amide bonds. The molecule has 1 aliphatic heterocycles. The highest BCUT2D eigenvalue weighted by molar-refractivity contribution is 14.1. The summed E-state index contributed by atoms with van der Waals surface area (Å²) in [6, 6.07) is 10.6. The summed E-state index contributed by atoms with van der Waals surface area (Å²) in [5.41, 5.74) is 8.54. The number of halogens is 1. The summed E-state index contributed by atoms with van der Waals surface area (Å²) in [4.78, 5) is 12.7. The van der Waals surface area contributed by atoms with E-state index in [0.717, 1.165) is 20.3 Å². The zero-order chi connectivity index (χ0) is 21.6. The molecule has 0 aromatic heterocycles. The molecule has 1 fully saturated rings. The van der Waals surface area contributed by atoms with Gasteiger partial charge in [0.05, 0.1) is 28.1 Å². The number of nitrogens with two attached hydrogens (primary N) is 1. The first-order valence-electron chi connectivity index (χ1n) is 9.22. The fourth-order valence-electron chi connectivity index (χ4n) is 3.04. The van der Waals surface area contributed by atoms with Gasteiger partial charge in [0.1, 0.15) is 6.07 Å². The molecule has 2 aromatic carbocycles. The predicted molar refractivity (Wildman–Crippen MR) is 123 cm³/mol. The molecule has 0 atom stereocenters. The molecule has 3 rings (SSSR count). The van der Waals surface area contributed by atoms with Gasteiger partial charge in [0.2, 0.25) is 0 Å². The molecule has 1 saturated heterocycles. The molecular formula is C21H23BIN3O3. The van der Waals surface area contributed by atoms with Crippen LogP contribution in [-0.2, 0) is 9.31 Å². The Bertz CT molecular complexity index is 991. The van der Waals surface area contributed by atoms with Crippen LogP contribution in [0, 0.1) is 21.8 Å². The summed E-state index contributed by atoms with van der Waals surface area (Å²) in [6.45, 7) is 10.00. The summed E-state index contributed by atoms with van der Waals surface area (Å²) in [6.07, 6.45) is 0. The number of amides is 1. The van der Waals surface area contributed by atoms with Gasteiger partial charge in [0, 0.05) is 9.13 Å². The van der Waals surface area contributed by atoms with Crippen LogP contribution in [0.25, 0.3) is 0 Å². The number of nitrogen functional groups attached to an aromatic ring is 1. The van der Waals surface area contributed by atoms with Crippen LogP contribution in [0.1, 0.15) is 49.2 Å². The van der Waals surface area contributed by atoms with Crippen LogP contribution in [0.2, 0.25) is 0 Å². The fraction of sp³-hybridized carbons (Fsp3) is 0.333. The van der Waals surface area contributed by atoms with Crippen molar-refractivity contribution in [2.75, 3.05) is 11.1 Å². The minimum absolute atomic E-state index is 0.280. The van der Waals surface area contributed by atoms with Crippen molar-refractivity contribution in [3.05, 3.63) is 50.6 Å². The Hall–Kier alpha value is -2.09. The van der Waals surface area contributed by atoms with Gasteiger partial charge in [-0.3, -0.25) is 4.79 Å². The zero-order valence-electron chi connectivity index (χ0n) is 17.1. The number of benzene rings is 2. The van der Waals surface area contributed by atoms with Gasteiger partial charge in [0.25, 0.3) is 5.91 Å². The number of anilines is 2. The number of aryl methyl sites for hydroxylation is 1. The third kappa shape index (κ3) is 4.13. The predicted octanol–water partition coefficient (Wildman–Crippen LogP) is 3.61. The third-order valence-corrected chi connectivity index (χ3v) is 6.36. The van der Waals surface area contributed by atoms with Gasteiger partial charge in [-0.15, -0.1) is 0 Å². The molecule has 0 bridgehead atoms. The van der Waals surface area contributed by atoms with Crippen molar-refractivity contribution in [1.29, 1.82) is 5.26 Å². The molecule has 3 N–H and O–H groups in total. The minimum atomic E-state index is -0.463. The molecule has 1 aliphatic rings. The second-order valence-corrected chi connectivity index (χ2v) is 9.31. The second kappa shape index (κ2) is 7.63. The highest BCUT2D eigenvalue weighted by atomic mass is 127. The van der Waals surface area contributed by atoms with Crippen molar-refractivity contribution >= 4 is 52.5 Å². The third-order valence-electron chi connectivity index (χ3n) is 5.51. The number of rotatable bonds is 3. The lowest BCUT2D eigenvalue weighted by atomic mass is 9.78. The maximum atomic E-state index is 12.7.